The molecule has 1 saturated heterocycles. The third kappa shape index (κ3) is 2.97. The fourth-order valence-corrected chi connectivity index (χ4v) is 2.13. The molecule has 17 heavy (non-hydrogen) atoms. The molecule has 1 heterocycles. The van der Waals surface area contributed by atoms with Crippen molar-refractivity contribution < 1.29 is 9.84 Å². The van der Waals surface area contributed by atoms with E-state index in [1.54, 1.807) is 0 Å². The number of aliphatic hydroxyl groups excluding tert-OH is 1. The second-order valence-electron chi connectivity index (χ2n) is 4.60. The van der Waals surface area contributed by atoms with Gasteiger partial charge in [-0.25, -0.2) is 0 Å². The Balaban J connectivity index is 1.98. The molecule has 0 radical (unpaired) electrons. The average Bonchev–Trinajstić information content (AvgIpc) is 2.39. The van der Waals surface area contributed by atoms with Crippen LogP contribution in [0.2, 0.25) is 0 Å². The zero-order chi connectivity index (χ0) is 12.1. The molecule has 1 aliphatic heterocycles. The number of aliphatic hydroxyl groups is 1. The van der Waals surface area contributed by atoms with Crippen molar-refractivity contribution in [3.8, 4) is 0 Å². The first-order chi connectivity index (χ1) is 8.26. The number of anilines is 1. The third-order valence-electron chi connectivity index (χ3n) is 3.46. The number of hydrogen-bond acceptors (Lipinski definition) is 4. The quantitative estimate of drug-likeness (QED) is 0.679. The van der Waals surface area contributed by atoms with Gasteiger partial charge in [-0.15, -0.1) is 0 Å². The molecule has 1 aromatic carbocycles. The second kappa shape index (κ2) is 5.49. The van der Waals surface area contributed by atoms with Crippen LogP contribution in [0, 0.1) is 0 Å². The average molecular weight is 236 g/mol. The van der Waals surface area contributed by atoms with Gasteiger partial charge in [0.05, 0.1) is 6.61 Å². The van der Waals surface area contributed by atoms with Crippen LogP contribution in [0.4, 0.5) is 5.69 Å². The van der Waals surface area contributed by atoms with Crippen LogP contribution in [-0.4, -0.2) is 30.5 Å². The van der Waals surface area contributed by atoms with E-state index in [-0.39, 0.29) is 12.1 Å². The van der Waals surface area contributed by atoms with E-state index in [2.05, 4.69) is 5.32 Å². The van der Waals surface area contributed by atoms with E-state index in [0.717, 1.165) is 24.1 Å². The molecular weight excluding hydrogens is 216 g/mol. The normalized spacial score (nSPS) is 19.1. The third-order valence-corrected chi connectivity index (χ3v) is 3.46. The highest BCUT2D eigenvalue weighted by Gasteiger charge is 2.31. The summed E-state index contributed by atoms with van der Waals surface area (Å²) in [4.78, 5) is 0. The molecule has 1 fully saturated rings. The summed E-state index contributed by atoms with van der Waals surface area (Å²) in [6, 6.07) is 7.80. The lowest BCUT2D eigenvalue weighted by Crippen LogP contribution is -2.51. The Bertz CT molecular complexity index is 362. The lowest BCUT2D eigenvalue weighted by molar-refractivity contribution is 0.0112. The van der Waals surface area contributed by atoms with Crippen molar-refractivity contribution in [2.24, 2.45) is 0 Å². The van der Waals surface area contributed by atoms with E-state index < -0.39 is 0 Å². The summed E-state index contributed by atoms with van der Waals surface area (Å²) in [7, 11) is 0. The summed E-state index contributed by atoms with van der Waals surface area (Å²) >= 11 is 0. The number of nitrogens with two attached hydrogens (primary N) is 1. The maximum Gasteiger partial charge on any atom is 0.0615 e. The van der Waals surface area contributed by atoms with Gasteiger partial charge in [0.15, 0.2) is 0 Å². The number of rotatable bonds is 4. The smallest absolute Gasteiger partial charge is 0.0615 e. The van der Waals surface area contributed by atoms with Crippen LogP contribution in [0.5, 0.6) is 0 Å². The fraction of sp³-hybridized carbons (Fsp3) is 0.538. The predicted molar refractivity (Wildman–Crippen MR) is 67.6 cm³/mol. The molecule has 0 aliphatic carbocycles. The van der Waals surface area contributed by atoms with Gasteiger partial charge in [-0.05, 0) is 24.5 Å². The molecule has 0 bridgehead atoms. The van der Waals surface area contributed by atoms with Gasteiger partial charge in [0.2, 0.25) is 0 Å². The minimum atomic E-state index is -0.208. The van der Waals surface area contributed by atoms with Crippen LogP contribution in [-0.2, 0) is 11.3 Å². The standard InChI is InChI=1S/C13H20N2O2/c14-12-4-2-1-3-11(12)9-15-13(10-16)5-7-17-8-6-13/h1-4,15-16H,5-10,14H2. The van der Waals surface area contributed by atoms with Crippen LogP contribution in [0.25, 0.3) is 0 Å². The van der Waals surface area contributed by atoms with Crippen molar-refractivity contribution in [3.05, 3.63) is 29.8 Å². The number of ether oxygens (including phenoxy) is 1. The molecule has 0 atom stereocenters. The van der Waals surface area contributed by atoms with Gasteiger partial charge in [-0.3, -0.25) is 0 Å². The Labute approximate surface area is 102 Å². The molecule has 1 aromatic rings. The lowest BCUT2D eigenvalue weighted by atomic mass is 9.90. The largest absolute Gasteiger partial charge is 0.398 e. The predicted octanol–water partition coefficient (Wildman–Crippen LogP) is 0.900. The van der Waals surface area contributed by atoms with E-state index >= 15 is 0 Å². The van der Waals surface area contributed by atoms with Gasteiger partial charge >= 0.3 is 0 Å². The van der Waals surface area contributed by atoms with Gasteiger partial charge < -0.3 is 20.9 Å². The van der Waals surface area contributed by atoms with Crippen molar-refractivity contribution in [1.82, 2.24) is 5.32 Å². The molecule has 4 N–H and O–H groups in total. The van der Waals surface area contributed by atoms with Crippen LogP contribution in [0.15, 0.2) is 24.3 Å². The maximum absolute atomic E-state index is 9.54. The van der Waals surface area contributed by atoms with E-state index in [4.69, 9.17) is 10.5 Å². The number of hydrogen-bond donors (Lipinski definition) is 3. The Morgan fingerprint density at radius 3 is 2.65 bits per heavy atom. The lowest BCUT2D eigenvalue weighted by Gasteiger charge is -2.36. The topological polar surface area (TPSA) is 67.5 Å². The SMILES string of the molecule is Nc1ccccc1CNC1(CO)CCOCC1. The van der Waals surface area contributed by atoms with Crippen LogP contribution in [0.3, 0.4) is 0 Å². The molecule has 0 spiro atoms. The molecule has 4 heteroatoms. The molecule has 0 amide bonds. The first-order valence-electron chi connectivity index (χ1n) is 6.03. The number of para-hydroxylation sites is 1. The second-order valence-corrected chi connectivity index (χ2v) is 4.60. The molecule has 94 valence electrons. The first-order valence-corrected chi connectivity index (χ1v) is 6.03. The summed E-state index contributed by atoms with van der Waals surface area (Å²) in [6.07, 6.45) is 1.69. The first kappa shape index (κ1) is 12.4. The zero-order valence-corrected chi connectivity index (χ0v) is 9.98. The number of nitrogens with one attached hydrogen (secondary N) is 1. The van der Waals surface area contributed by atoms with Gasteiger partial charge in [0, 0.05) is 31.0 Å². The van der Waals surface area contributed by atoms with Crippen molar-refractivity contribution in [1.29, 1.82) is 0 Å². The Hall–Kier alpha value is -1.10. The summed E-state index contributed by atoms with van der Waals surface area (Å²) in [6.45, 7) is 2.24. The molecule has 0 aromatic heterocycles. The molecule has 1 aliphatic rings. The Morgan fingerprint density at radius 2 is 2.00 bits per heavy atom. The molecular formula is C13H20N2O2. The van der Waals surface area contributed by atoms with Crippen molar-refractivity contribution in [3.63, 3.8) is 0 Å². The molecule has 4 nitrogen and oxygen atoms in total. The van der Waals surface area contributed by atoms with Crippen LogP contribution >= 0.6 is 0 Å². The fourth-order valence-electron chi connectivity index (χ4n) is 2.13. The van der Waals surface area contributed by atoms with E-state index in [9.17, 15) is 5.11 Å². The monoisotopic (exact) mass is 236 g/mol. The van der Waals surface area contributed by atoms with E-state index in [0.29, 0.717) is 19.8 Å². The molecule has 0 saturated carbocycles. The summed E-state index contributed by atoms with van der Waals surface area (Å²) in [5.74, 6) is 0. The summed E-state index contributed by atoms with van der Waals surface area (Å²) < 4.78 is 5.33. The highest BCUT2D eigenvalue weighted by molar-refractivity contribution is 5.46. The number of benzene rings is 1. The van der Waals surface area contributed by atoms with Crippen LogP contribution in [0.1, 0.15) is 18.4 Å². The van der Waals surface area contributed by atoms with Gasteiger partial charge in [-0.1, -0.05) is 18.2 Å². The minimum Gasteiger partial charge on any atom is -0.398 e. The van der Waals surface area contributed by atoms with Crippen molar-refractivity contribution in [2.75, 3.05) is 25.6 Å². The Kier molecular flexibility index (Phi) is 3.99. The number of nitrogen functional groups attached to an aromatic ring is 1. The van der Waals surface area contributed by atoms with Crippen molar-refractivity contribution in [2.45, 2.75) is 24.9 Å². The van der Waals surface area contributed by atoms with E-state index in [1.165, 1.54) is 0 Å². The zero-order valence-electron chi connectivity index (χ0n) is 9.98. The molecule has 2 rings (SSSR count). The summed E-state index contributed by atoms with van der Waals surface area (Å²) in [5, 5.41) is 13.0. The van der Waals surface area contributed by atoms with Crippen LogP contribution < -0.4 is 11.1 Å². The maximum atomic E-state index is 9.54. The van der Waals surface area contributed by atoms with Crippen molar-refractivity contribution >= 4 is 5.69 Å². The summed E-state index contributed by atoms with van der Waals surface area (Å²) in [5.41, 5.74) is 7.55. The van der Waals surface area contributed by atoms with Gasteiger partial charge in [0.1, 0.15) is 0 Å². The molecule has 0 unspecified atom stereocenters. The van der Waals surface area contributed by atoms with Gasteiger partial charge in [0.25, 0.3) is 0 Å². The highest BCUT2D eigenvalue weighted by atomic mass is 16.5. The Morgan fingerprint density at radius 1 is 1.29 bits per heavy atom. The van der Waals surface area contributed by atoms with E-state index in [1.807, 2.05) is 24.3 Å². The highest BCUT2D eigenvalue weighted by Crippen LogP contribution is 2.21. The van der Waals surface area contributed by atoms with Gasteiger partial charge in [-0.2, -0.15) is 0 Å². The minimum absolute atomic E-state index is 0.142.